The predicted molar refractivity (Wildman–Crippen MR) is 79.3 cm³/mol. The topological polar surface area (TPSA) is 67.6 Å². The summed E-state index contributed by atoms with van der Waals surface area (Å²) in [4.78, 5) is 14.2. The number of piperidine rings is 1. The number of furan rings is 1. The smallest absolute Gasteiger partial charge is 0.247 e. The van der Waals surface area contributed by atoms with Crippen LogP contribution in [-0.4, -0.2) is 42.8 Å². The highest BCUT2D eigenvalue weighted by atomic mass is 32.2. The van der Waals surface area contributed by atoms with E-state index in [0.717, 1.165) is 12.8 Å². The number of carbonyl (C=O) groups excluding carboxylic acids is 1. The second-order valence-corrected chi connectivity index (χ2v) is 8.23. The third-order valence-electron chi connectivity index (χ3n) is 4.48. The second-order valence-electron chi connectivity index (χ2n) is 5.90. The van der Waals surface area contributed by atoms with Gasteiger partial charge in [0.1, 0.15) is 15.6 Å². The first-order valence-corrected chi connectivity index (χ1v) is 9.13. The predicted octanol–water partition coefficient (Wildman–Crippen LogP) is 1.86. The van der Waals surface area contributed by atoms with Gasteiger partial charge < -0.3 is 9.32 Å². The molecule has 2 aliphatic heterocycles. The zero-order chi connectivity index (χ0) is 15.0. The average molecular weight is 309 g/mol. The Balaban J connectivity index is 1.72. The van der Waals surface area contributed by atoms with E-state index in [1.165, 1.54) is 12.3 Å². The van der Waals surface area contributed by atoms with Gasteiger partial charge in [-0.2, -0.15) is 0 Å². The van der Waals surface area contributed by atoms with Gasteiger partial charge >= 0.3 is 0 Å². The number of hydrogen-bond donors (Lipinski definition) is 0. The van der Waals surface area contributed by atoms with Crippen LogP contribution in [0.4, 0.5) is 0 Å². The van der Waals surface area contributed by atoms with Gasteiger partial charge in [-0.25, -0.2) is 8.42 Å². The van der Waals surface area contributed by atoms with Crippen LogP contribution in [-0.2, 0) is 14.6 Å². The van der Waals surface area contributed by atoms with E-state index in [1.807, 2.05) is 4.90 Å². The molecule has 0 aromatic carbocycles. The van der Waals surface area contributed by atoms with Gasteiger partial charge in [0.05, 0.1) is 11.5 Å². The van der Waals surface area contributed by atoms with Gasteiger partial charge in [-0.05, 0) is 43.9 Å². The molecule has 2 atom stereocenters. The number of amides is 1. The maximum Gasteiger partial charge on any atom is 0.247 e. The van der Waals surface area contributed by atoms with Crippen LogP contribution in [0.3, 0.4) is 0 Å². The van der Waals surface area contributed by atoms with Gasteiger partial charge in [-0.3, -0.25) is 4.79 Å². The Hall–Kier alpha value is -1.56. The highest BCUT2D eigenvalue weighted by molar-refractivity contribution is 7.91. The molecule has 1 amide bonds. The Labute approximate surface area is 124 Å². The fraction of sp³-hybridized carbons (Fsp3) is 0.533. The van der Waals surface area contributed by atoms with E-state index in [-0.39, 0.29) is 23.2 Å². The van der Waals surface area contributed by atoms with E-state index in [4.69, 9.17) is 4.42 Å². The van der Waals surface area contributed by atoms with Crippen molar-refractivity contribution in [2.45, 2.75) is 43.0 Å². The molecular formula is C15H19NO4S. The largest absolute Gasteiger partial charge is 0.465 e. The van der Waals surface area contributed by atoms with Crippen molar-refractivity contribution in [3.63, 3.8) is 0 Å². The standard InChI is InChI=1S/C15H19NO4S/c1-21(18,19)14-9-11-4-5-12(10-14)16(11)15(17)7-6-13-3-2-8-20-13/h2-3,6-8,11-12,14H,4-5,9-10H2,1H3/b7-6+. The molecule has 5 nitrogen and oxygen atoms in total. The van der Waals surface area contributed by atoms with Crippen molar-refractivity contribution in [2.24, 2.45) is 0 Å². The van der Waals surface area contributed by atoms with Gasteiger partial charge in [0.25, 0.3) is 0 Å². The van der Waals surface area contributed by atoms with E-state index in [2.05, 4.69) is 0 Å². The average Bonchev–Trinajstić information content (AvgIpc) is 3.01. The maximum absolute atomic E-state index is 12.4. The Kier molecular flexibility index (Phi) is 3.65. The number of sulfone groups is 1. The highest BCUT2D eigenvalue weighted by Crippen LogP contribution is 2.38. The molecule has 1 aromatic heterocycles. The minimum atomic E-state index is -3.02. The molecule has 114 valence electrons. The molecule has 2 unspecified atom stereocenters. The molecule has 0 radical (unpaired) electrons. The van der Waals surface area contributed by atoms with Gasteiger partial charge in [0, 0.05) is 24.4 Å². The Morgan fingerprint density at radius 2 is 2.00 bits per heavy atom. The van der Waals surface area contributed by atoms with Crippen LogP contribution in [0.2, 0.25) is 0 Å². The zero-order valence-corrected chi connectivity index (χ0v) is 12.8. The van der Waals surface area contributed by atoms with Gasteiger partial charge in [-0.15, -0.1) is 0 Å². The maximum atomic E-state index is 12.4. The molecule has 2 fully saturated rings. The highest BCUT2D eigenvalue weighted by Gasteiger charge is 2.45. The van der Waals surface area contributed by atoms with Crippen LogP contribution in [0.1, 0.15) is 31.4 Å². The lowest BCUT2D eigenvalue weighted by molar-refractivity contribution is -0.130. The number of nitrogens with zero attached hydrogens (tertiary/aromatic N) is 1. The van der Waals surface area contributed by atoms with Crippen molar-refractivity contribution in [3.8, 4) is 0 Å². The monoisotopic (exact) mass is 309 g/mol. The number of hydrogen-bond acceptors (Lipinski definition) is 4. The molecule has 0 saturated carbocycles. The normalized spacial score (nSPS) is 29.2. The molecule has 21 heavy (non-hydrogen) atoms. The zero-order valence-electron chi connectivity index (χ0n) is 11.9. The summed E-state index contributed by atoms with van der Waals surface area (Å²) in [5, 5.41) is -0.298. The van der Waals surface area contributed by atoms with Crippen molar-refractivity contribution in [3.05, 3.63) is 30.2 Å². The molecule has 6 heteroatoms. The quantitative estimate of drug-likeness (QED) is 0.799. The Bertz CT molecular complexity index is 633. The molecule has 3 heterocycles. The molecule has 1 aromatic rings. The van der Waals surface area contributed by atoms with Gasteiger partial charge in [0.2, 0.25) is 5.91 Å². The number of rotatable bonds is 3. The molecule has 0 aliphatic carbocycles. The number of fused-ring (bicyclic) bond motifs is 2. The van der Waals surface area contributed by atoms with Crippen LogP contribution < -0.4 is 0 Å². The van der Waals surface area contributed by atoms with Gasteiger partial charge in [0.15, 0.2) is 0 Å². The van der Waals surface area contributed by atoms with Crippen LogP contribution in [0.25, 0.3) is 6.08 Å². The molecule has 2 bridgehead atoms. The first-order chi connectivity index (χ1) is 9.95. The van der Waals surface area contributed by atoms with Crippen LogP contribution in [0.15, 0.2) is 28.9 Å². The Morgan fingerprint density at radius 1 is 1.33 bits per heavy atom. The summed E-state index contributed by atoms with van der Waals surface area (Å²) in [5.74, 6) is 0.590. The second kappa shape index (κ2) is 5.33. The summed E-state index contributed by atoms with van der Waals surface area (Å²) in [6.07, 6.45) is 8.96. The van der Waals surface area contributed by atoms with Crippen LogP contribution in [0.5, 0.6) is 0 Å². The fourth-order valence-corrected chi connectivity index (χ4v) is 4.61. The van der Waals surface area contributed by atoms with Crippen LogP contribution >= 0.6 is 0 Å². The summed E-state index contributed by atoms with van der Waals surface area (Å²) in [6.45, 7) is 0. The summed E-state index contributed by atoms with van der Waals surface area (Å²) in [7, 11) is -3.02. The molecule has 2 saturated heterocycles. The third kappa shape index (κ3) is 2.90. The fourth-order valence-electron chi connectivity index (χ4n) is 3.46. The third-order valence-corrected chi connectivity index (χ3v) is 6.08. The molecule has 0 N–H and O–H groups in total. The van der Waals surface area contributed by atoms with Crippen molar-refractivity contribution in [1.29, 1.82) is 0 Å². The summed E-state index contributed by atoms with van der Waals surface area (Å²) in [5.41, 5.74) is 0. The minimum absolute atomic E-state index is 0.0501. The van der Waals surface area contributed by atoms with Crippen molar-refractivity contribution < 1.29 is 17.6 Å². The minimum Gasteiger partial charge on any atom is -0.465 e. The Morgan fingerprint density at radius 3 is 2.52 bits per heavy atom. The van der Waals surface area contributed by atoms with Crippen molar-refractivity contribution >= 4 is 21.8 Å². The molecule has 2 aliphatic rings. The lowest BCUT2D eigenvalue weighted by Crippen LogP contribution is -2.49. The van der Waals surface area contributed by atoms with E-state index in [1.54, 1.807) is 24.5 Å². The van der Waals surface area contributed by atoms with E-state index < -0.39 is 9.84 Å². The first kappa shape index (κ1) is 14.4. The SMILES string of the molecule is CS(=O)(=O)C1CC2CCC(C1)N2C(=O)/C=C/c1ccco1. The molecular weight excluding hydrogens is 290 g/mol. The van der Waals surface area contributed by atoms with E-state index in [0.29, 0.717) is 18.6 Å². The van der Waals surface area contributed by atoms with Gasteiger partial charge in [-0.1, -0.05) is 0 Å². The summed E-state index contributed by atoms with van der Waals surface area (Å²) < 4.78 is 28.6. The molecule has 0 spiro atoms. The van der Waals surface area contributed by atoms with Crippen LogP contribution in [0, 0.1) is 0 Å². The first-order valence-electron chi connectivity index (χ1n) is 7.18. The van der Waals surface area contributed by atoms with Crippen molar-refractivity contribution in [1.82, 2.24) is 4.90 Å². The molecule has 3 rings (SSSR count). The number of carbonyl (C=O) groups is 1. The van der Waals surface area contributed by atoms with E-state index >= 15 is 0 Å². The summed E-state index contributed by atoms with van der Waals surface area (Å²) >= 11 is 0. The lowest BCUT2D eigenvalue weighted by Gasteiger charge is -2.37. The van der Waals surface area contributed by atoms with Crippen molar-refractivity contribution in [2.75, 3.05) is 6.26 Å². The van der Waals surface area contributed by atoms with E-state index in [9.17, 15) is 13.2 Å². The lowest BCUT2D eigenvalue weighted by atomic mass is 10.0. The summed E-state index contributed by atoms with van der Waals surface area (Å²) in [6, 6.07) is 3.66.